The minimum absolute atomic E-state index is 0.248. The Balaban J connectivity index is 2.34. The Morgan fingerprint density at radius 1 is 1.47 bits per heavy atom. The van der Waals surface area contributed by atoms with Crippen LogP contribution in [0, 0.1) is 5.92 Å². The molecule has 1 aliphatic carbocycles. The van der Waals surface area contributed by atoms with E-state index in [-0.39, 0.29) is 12.1 Å². The van der Waals surface area contributed by atoms with Gasteiger partial charge in [-0.15, -0.1) is 0 Å². The first-order chi connectivity index (χ1) is 7.17. The van der Waals surface area contributed by atoms with E-state index in [1.165, 1.54) is 26.4 Å². The molecule has 1 saturated carbocycles. The minimum atomic E-state index is -0.421. The fourth-order valence-electron chi connectivity index (χ4n) is 2.25. The van der Waals surface area contributed by atoms with E-state index in [1.807, 2.05) is 0 Å². The zero-order valence-electron chi connectivity index (χ0n) is 9.99. The van der Waals surface area contributed by atoms with Crippen LogP contribution in [0.25, 0.3) is 0 Å². The van der Waals surface area contributed by atoms with Crippen molar-refractivity contribution in [2.24, 2.45) is 5.92 Å². The van der Waals surface area contributed by atoms with Gasteiger partial charge in [0.1, 0.15) is 0 Å². The number of esters is 1. The second-order valence-electron chi connectivity index (χ2n) is 4.36. The van der Waals surface area contributed by atoms with E-state index in [2.05, 4.69) is 11.7 Å². The third kappa shape index (κ3) is 3.82. The van der Waals surface area contributed by atoms with E-state index in [0.717, 1.165) is 18.8 Å². The van der Waals surface area contributed by atoms with Gasteiger partial charge < -0.3 is 9.47 Å². The standard InChI is InChI=1S/C12H22O3/c1-4-10-6-5-7-11(8-10)15-9(2)12(13)14-3/h9-11H,4-8H2,1-3H3/t9-,10?,11?/m1/s1. The lowest BCUT2D eigenvalue weighted by atomic mass is 9.85. The zero-order chi connectivity index (χ0) is 11.3. The number of rotatable bonds is 4. The molecule has 0 aromatic rings. The van der Waals surface area contributed by atoms with Crippen molar-refractivity contribution in [2.45, 2.75) is 58.2 Å². The molecule has 0 radical (unpaired) electrons. The highest BCUT2D eigenvalue weighted by atomic mass is 16.6. The molecule has 3 atom stereocenters. The van der Waals surface area contributed by atoms with Crippen molar-refractivity contribution in [1.82, 2.24) is 0 Å². The lowest BCUT2D eigenvalue weighted by Gasteiger charge is -2.29. The van der Waals surface area contributed by atoms with Gasteiger partial charge in [-0.1, -0.05) is 26.2 Å². The monoisotopic (exact) mass is 214 g/mol. The van der Waals surface area contributed by atoms with Crippen LogP contribution in [0.4, 0.5) is 0 Å². The topological polar surface area (TPSA) is 35.5 Å². The van der Waals surface area contributed by atoms with Crippen LogP contribution in [0.2, 0.25) is 0 Å². The van der Waals surface area contributed by atoms with Gasteiger partial charge in [0.15, 0.2) is 6.10 Å². The molecule has 0 aromatic carbocycles. The maximum atomic E-state index is 11.2. The molecular weight excluding hydrogens is 192 g/mol. The summed E-state index contributed by atoms with van der Waals surface area (Å²) in [7, 11) is 1.40. The number of hydrogen-bond acceptors (Lipinski definition) is 3. The SMILES string of the molecule is CCC1CCCC(O[C@H](C)C(=O)OC)C1. The smallest absolute Gasteiger partial charge is 0.334 e. The van der Waals surface area contributed by atoms with Crippen molar-refractivity contribution in [3.63, 3.8) is 0 Å². The number of hydrogen-bond donors (Lipinski definition) is 0. The lowest BCUT2D eigenvalue weighted by molar-refractivity contribution is -0.158. The third-order valence-electron chi connectivity index (χ3n) is 3.24. The summed E-state index contributed by atoms with van der Waals surface area (Å²) in [5, 5.41) is 0. The highest BCUT2D eigenvalue weighted by molar-refractivity contribution is 5.73. The fourth-order valence-corrected chi connectivity index (χ4v) is 2.25. The molecule has 1 aliphatic rings. The van der Waals surface area contributed by atoms with E-state index in [4.69, 9.17) is 4.74 Å². The summed E-state index contributed by atoms with van der Waals surface area (Å²) in [6, 6.07) is 0. The Hall–Kier alpha value is -0.570. The average Bonchev–Trinajstić information content (AvgIpc) is 2.28. The molecule has 0 saturated heterocycles. The molecule has 1 fully saturated rings. The molecule has 15 heavy (non-hydrogen) atoms. The maximum Gasteiger partial charge on any atom is 0.334 e. The van der Waals surface area contributed by atoms with Gasteiger partial charge in [0.25, 0.3) is 0 Å². The van der Waals surface area contributed by atoms with Gasteiger partial charge in [0, 0.05) is 0 Å². The quantitative estimate of drug-likeness (QED) is 0.675. The lowest BCUT2D eigenvalue weighted by Crippen LogP contribution is -2.31. The molecule has 3 heteroatoms. The largest absolute Gasteiger partial charge is 0.467 e. The Kier molecular flexibility index (Phi) is 5.09. The predicted molar refractivity (Wildman–Crippen MR) is 58.6 cm³/mol. The summed E-state index contributed by atoms with van der Waals surface area (Å²) in [4.78, 5) is 11.2. The van der Waals surface area contributed by atoms with Crippen molar-refractivity contribution < 1.29 is 14.3 Å². The van der Waals surface area contributed by atoms with E-state index in [1.54, 1.807) is 6.92 Å². The molecule has 3 nitrogen and oxygen atoms in total. The van der Waals surface area contributed by atoms with Crippen molar-refractivity contribution in [3.8, 4) is 0 Å². The molecule has 1 rings (SSSR count). The normalized spacial score (nSPS) is 28.5. The van der Waals surface area contributed by atoms with Gasteiger partial charge in [-0.2, -0.15) is 0 Å². The zero-order valence-corrected chi connectivity index (χ0v) is 9.99. The van der Waals surface area contributed by atoms with Crippen LogP contribution in [0.5, 0.6) is 0 Å². The Bertz CT molecular complexity index is 203. The van der Waals surface area contributed by atoms with Gasteiger partial charge in [-0.3, -0.25) is 0 Å². The second-order valence-corrected chi connectivity index (χ2v) is 4.36. The van der Waals surface area contributed by atoms with Gasteiger partial charge >= 0.3 is 5.97 Å². The molecule has 0 N–H and O–H groups in total. The second kappa shape index (κ2) is 6.11. The van der Waals surface area contributed by atoms with E-state index in [0.29, 0.717) is 0 Å². The summed E-state index contributed by atoms with van der Waals surface area (Å²) < 4.78 is 10.3. The number of ether oxygens (including phenoxy) is 2. The summed E-state index contributed by atoms with van der Waals surface area (Å²) in [6.45, 7) is 3.98. The molecule has 0 heterocycles. The van der Waals surface area contributed by atoms with Crippen LogP contribution >= 0.6 is 0 Å². The van der Waals surface area contributed by atoms with Gasteiger partial charge in [-0.25, -0.2) is 4.79 Å². The highest BCUT2D eigenvalue weighted by Crippen LogP contribution is 2.29. The molecule has 0 aliphatic heterocycles. The Morgan fingerprint density at radius 2 is 2.20 bits per heavy atom. The molecule has 0 bridgehead atoms. The minimum Gasteiger partial charge on any atom is -0.467 e. The number of carbonyl (C=O) groups excluding carboxylic acids is 1. The van der Waals surface area contributed by atoms with Crippen LogP contribution < -0.4 is 0 Å². The van der Waals surface area contributed by atoms with Crippen molar-refractivity contribution in [3.05, 3.63) is 0 Å². The van der Waals surface area contributed by atoms with Crippen molar-refractivity contribution >= 4 is 5.97 Å². The first-order valence-corrected chi connectivity index (χ1v) is 5.90. The molecule has 2 unspecified atom stereocenters. The summed E-state index contributed by atoms with van der Waals surface area (Å²) in [6.07, 6.45) is 5.75. The predicted octanol–water partition coefficient (Wildman–Crippen LogP) is 2.53. The number of carbonyl (C=O) groups is 1. The van der Waals surface area contributed by atoms with Gasteiger partial charge in [0.2, 0.25) is 0 Å². The maximum absolute atomic E-state index is 11.2. The third-order valence-corrected chi connectivity index (χ3v) is 3.24. The van der Waals surface area contributed by atoms with Crippen LogP contribution in [-0.2, 0) is 14.3 Å². The average molecular weight is 214 g/mol. The van der Waals surface area contributed by atoms with Crippen LogP contribution in [-0.4, -0.2) is 25.3 Å². The molecule has 88 valence electrons. The van der Waals surface area contributed by atoms with E-state index < -0.39 is 6.10 Å². The van der Waals surface area contributed by atoms with E-state index >= 15 is 0 Å². The molecular formula is C12H22O3. The van der Waals surface area contributed by atoms with E-state index in [9.17, 15) is 4.79 Å². The molecule has 0 spiro atoms. The van der Waals surface area contributed by atoms with Crippen LogP contribution in [0.3, 0.4) is 0 Å². The van der Waals surface area contributed by atoms with Crippen LogP contribution in [0.1, 0.15) is 46.0 Å². The Morgan fingerprint density at radius 3 is 2.80 bits per heavy atom. The number of methoxy groups -OCH3 is 1. The van der Waals surface area contributed by atoms with Gasteiger partial charge in [0.05, 0.1) is 13.2 Å². The highest BCUT2D eigenvalue weighted by Gasteiger charge is 2.25. The van der Waals surface area contributed by atoms with Crippen molar-refractivity contribution in [2.75, 3.05) is 7.11 Å². The van der Waals surface area contributed by atoms with Crippen molar-refractivity contribution in [1.29, 1.82) is 0 Å². The molecule has 0 amide bonds. The van der Waals surface area contributed by atoms with Crippen LogP contribution in [0.15, 0.2) is 0 Å². The Labute approximate surface area is 92.1 Å². The van der Waals surface area contributed by atoms with Gasteiger partial charge in [-0.05, 0) is 25.7 Å². The fraction of sp³-hybridized carbons (Fsp3) is 0.917. The summed E-state index contributed by atoms with van der Waals surface area (Å²) in [5.74, 6) is 0.502. The summed E-state index contributed by atoms with van der Waals surface area (Å²) in [5.41, 5.74) is 0. The molecule has 0 aromatic heterocycles. The summed E-state index contributed by atoms with van der Waals surface area (Å²) >= 11 is 0. The first kappa shape index (κ1) is 12.5. The first-order valence-electron chi connectivity index (χ1n) is 5.90.